The van der Waals surface area contributed by atoms with Crippen LogP contribution in [0.5, 0.6) is 0 Å². The minimum Gasteiger partial charge on any atom is -0.392 e. The van der Waals surface area contributed by atoms with E-state index >= 15 is 0 Å². The Hall–Kier alpha value is -0.120. The molecule has 0 radical (unpaired) electrons. The number of ether oxygens (including phenoxy) is 1. The molecule has 0 aromatic rings. The summed E-state index contributed by atoms with van der Waals surface area (Å²) in [5, 5.41) is 10.2. The smallest absolute Gasteiger partial charge is 0.0695 e. The van der Waals surface area contributed by atoms with Gasteiger partial charge < -0.3 is 9.84 Å². The molecule has 0 amide bonds. The van der Waals surface area contributed by atoms with E-state index in [1.54, 1.807) is 0 Å². The summed E-state index contributed by atoms with van der Waals surface area (Å²) in [7, 11) is 0. The molecule has 0 aromatic carbocycles. The second-order valence-electron chi connectivity index (χ2n) is 5.23. The molecule has 1 heterocycles. The average Bonchev–Trinajstić information content (AvgIpc) is 2.59. The Morgan fingerprint density at radius 3 is 2.69 bits per heavy atom. The summed E-state index contributed by atoms with van der Waals surface area (Å²) in [5.74, 6) is 0.554. The molecule has 0 aromatic heterocycles. The number of β-amino-alcohol motifs (C(OH)–C–C–N with tert-alkyl or cyclic N) is 1. The highest BCUT2D eigenvalue weighted by molar-refractivity contribution is 4.76. The lowest BCUT2D eigenvalue weighted by Gasteiger charge is -2.30. The van der Waals surface area contributed by atoms with Gasteiger partial charge in [0.25, 0.3) is 0 Å². The van der Waals surface area contributed by atoms with Gasteiger partial charge in [0.1, 0.15) is 0 Å². The van der Waals surface area contributed by atoms with E-state index < -0.39 is 0 Å². The minimum absolute atomic E-state index is 0.113. The fraction of sp³-hybridized carbons (Fsp3) is 1.00. The van der Waals surface area contributed by atoms with Crippen molar-refractivity contribution < 1.29 is 9.84 Å². The van der Waals surface area contributed by atoms with E-state index in [4.69, 9.17) is 4.74 Å². The summed E-state index contributed by atoms with van der Waals surface area (Å²) < 4.78 is 5.43. The van der Waals surface area contributed by atoms with E-state index in [0.717, 1.165) is 39.3 Å². The fourth-order valence-corrected chi connectivity index (χ4v) is 2.91. The quantitative estimate of drug-likeness (QED) is 0.796. The minimum atomic E-state index is -0.113. The van der Waals surface area contributed by atoms with Crippen LogP contribution in [0.1, 0.15) is 38.5 Å². The van der Waals surface area contributed by atoms with Crippen LogP contribution in [0, 0.1) is 5.92 Å². The summed E-state index contributed by atoms with van der Waals surface area (Å²) in [6, 6.07) is 0. The topological polar surface area (TPSA) is 32.7 Å². The van der Waals surface area contributed by atoms with E-state index in [2.05, 4.69) is 4.90 Å². The molecule has 1 aliphatic heterocycles. The number of hydrogen-bond acceptors (Lipinski definition) is 3. The maximum Gasteiger partial charge on any atom is 0.0695 e. The highest BCUT2D eigenvalue weighted by atomic mass is 16.5. The fourth-order valence-electron chi connectivity index (χ4n) is 2.91. The Kier molecular flexibility index (Phi) is 5.07. The molecule has 3 heteroatoms. The van der Waals surface area contributed by atoms with Crippen LogP contribution in [0.3, 0.4) is 0 Å². The zero-order valence-electron chi connectivity index (χ0n) is 10.2. The van der Waals surface area contributed by atoms with Crippen molar-refractivity contribution in [2.24, 2.45) is 5.92 Å². The first-order chi connectivity index (χ1) is 7.86. The molecular weight excluding hydrogens is 202 g/mol. The van der Waals surface area contributed by atoms with Gasteiger partial charge in [-0.1, -0.05) is 19.3 Å². The highest BCUT2D eigenvalue weighted by Crippen LogP contribution is 2.26. The van der Waals surface area contributed by atoms with Crippen molar-refractivity contribution in [2.75, 3.05) is 32.8 Å². The van der Waals surface area contributed by atoms with Crippen molar-refractivity contribution in [3.05, 3.63) is 0 Å². The molecule has 1 aliphatic carbocycles. The van der Waals surface area contributed by atoms with E-state index in [-0.39, 0.29) is 6.10 Å². The lowest BCUT2D eigenvalue weighted by atomic mass is 9.85. The van der Waals surface area contributed by atoms with Crippen LogP contribution in [0.4, 0.5) is 0 Å². The molecule has 1 N–H and O–H groups in total. The molecule has 16 heavy (non-hydrogen) atoms. The molecule has 2 aliphatic rings. The predicted molar refractivity (Wildman–Crippen MR) is 64.5 cm³/mol. The third-order valence-electron chi connectivity index (χ3n) is 3.95. The highest BCUT2D eigenvalue weighted by Gasteiger charge is 2.23. The second-order valence-corrected chi connectivity index (χ2v) is 5.23. The molecule has 2 fully saturated rings. The standard InChI is InChI=1S/C13H25NO2/c15-13(12-5-2-1-3-6-12)11-14-7-4-9-16-10-8-14/h12-13,15H,1-11H2. The van der Waals surface area contributed by atoms with Gasteiger partial charge in [0.2, 0.25) is 0 Å². The van der Waals surface area contributed by atoms with E-state index in [9.17, 15) is 5.11 Å². The van der Waals surface area contributed by atoms with Crippen LogP contribution in [0.25, 0.3) is 0 Å². The summed E-state index contributed by atoms with van der Waals surface area (Å²) in [5.41, 5.74) is 0. The van der Waals surface area contributed by atoms with Gasteiger partial charge in [0.15, 0.2) is 0 Å². The first kappa shape index (κ1) is 12.3. The predicted octanol–water partition coefficient (Wildman–Crippen LogP) is 1.65. The lowest BCUT2D eigenvalue weighted by Crippen LogP contribution is -2.38. The van der Waals surface area contributed by atoms with Crippen molar-refractivity contribution in [1.82, 2.24) is 4.90 Å². The summed E-state index contributed by atoms with van der Waals surface area (Å²) in [6.07, 6.45) is 7.43. The van der Waals surface area contributed by atoms with Gasteiger partial charge >= 0.3 is 0 Å². The first-order valence-electron chi connectivity index (χ1n) is 6.84. The van der Waals surface area contributed by atoms with Gasteiger partial charge in [-0.3, -0.25) is 4.90 Å². The van der Waals surface area contributed by atoms with Crippen LogP contribution >= 0.6 is 0 Å². The van der Waals surface area contributed by atoms with Gasteiger partial charge in [-0.25, -0.2) is 0 Å². The Morgan fingerprint density at radius 1 is 1.06 bits per heavy atom. The van der Waals surface area contributed by atoms with Crippen LogP contribution < -0.4 is 0 Å². The maximum atomic E-state index is 10.2. The van der Waals surface area contributed by atoms with Crippen LogP contribution in [-0.4, -0.2) is 49.0 Å². The average molecular weight is 227 g/mol. The largest absolute Gasteiger partial charge is 0.392 e. The van der Waals surface area contributed by atoms with Crippen molar-refractivity contribution in [3.8, 4) is 0 Å². The Morgan fingerprint density at radius 2 is 1.88 bits per heavy atom. The zero-order valence-corrected chi connectivity index (χ0v) is 10.2. The number of aliphatic hydroxyl groups is 1. The van der Waals surface area contributed by atoms with Crippen LogP contribution in [0.2, 0.25) is 0 Å². The second kappa shape index (κ2) is 6.58. The molecule has 2 rings (SSSR count). The Balaban J connectivity index is 1.73. The van der Waals surface area contributed by atoms with Gasteiger partial charge in [0, 0.05) is 26.2 Å². The first-order valence-corrected chi connectivity index (χ1v) is 6.84. The summed E-state index contributed by atoms with van der Waals surface area (Å²) in [4.78, 5) is 2.37. The molecule has 1 saturated carbocycles. The Bertz CT molecular complexity index is 184. The van der Waals surface area contributed by atoms with E-state index in [0.29, 0.717) is 5.92 Å². The normalized spacial score (nSPS) is 27.6. The number of aliphatic hydroxyl groups excluding tert-OH is 1. The van der Waals surface area contributed by atoms with E-state index in [1.165, 1.54) is 32.1 Å². The van der Waals surface area contributed by atoms with Crippen molar-refractivity contribution in [3.63, 3.8) is 0 Å². The molecule has 1 saturated heterocycles. The number of rotatable bonds is 3. The van der Waals surface area contributed by atoms with E-state index in [1.807, 2.05) is 0 Å². The molecule has 1 atom stereocenters. The van der Waals surface area contributed by atoms with Gasteiger partial charge in [-0.05, 0) is 25.2 Å². The molecular formula is C13H25NO2. The zero-order chi connectivity index (χ0) is 11.2. The monoisotopic (exact) mass is 227 g/mol. The third-order valence-corrected chi connectivity index (χ3v) is 3.95. The molecule has 0 spiro atoms. The molecule has 1 unspecified atom stereocenters. The molecule has 0 bridgehead atoms. The molecule has 94 valence electrons. The SMILES string of the molecule is OC(CN1CCCOCC1)C1CCCCC1. The Labute approximate surface area is 98.8 Å². The lowest BCUT2D eigenvalue weighted by molar-refractivity contribution is 0.0462. The maximum absolute atomic E-state index is 10.2. The number of hydrogen-bond donors (Lipinski definition) is 1. The van der Waals surface area contributed by atoms with Crippen LogP contribution in [0.15, 0.2) is 0 Å². The van der Waals surface area contributed by atoms with Crippen molar-refractivity contribution in [2.45, 2.75) is 44.6 Å². The van der Waals surface area contributed by atoms with Crippen molar-refractivity contribution in [1.29, 1.82) is 0 Å². The van der Waals surface area contributed by atoms with Gasteiger partial charge in [-0.15, -0.1) is 0 Å². The molecule has 3 nitrogen and oxygen atoms in total. The van der Waals surface area contributed by atoms with Crippen molar-refractivity contribution >= 4 is 0 Å². The van der Waals surface area contributed by atoms with Gasteiger partial charge in [0.05, 0.1) is 12.7 Å². The third kappa shape index (κ3) is 3.72. The van der Waals surface area contributed by atoms with Gasteiger partial charge in [-0.2, -0.15) is 0 Å². The van der Waals surface area contributed by atoms with Crippen LogP contribution in [-0.2, 0) is 4.74 Å². The number of nitrogens with zero attached hydrogens (tertiary/aromatic N) is 1. The summed E-state index contributed by atoms with van der Waals surface area (Å²) >= 11 is 0. The summed E-state index contributed by atoms with van der Waals surface area (Å²) in [6.45, 7) is 4.65.